The van der Waals surface area contributed by atoms with Crippen molar-refractivity contribution in [2.45, 2.75) is 110 Å². The Morgan fingerprint density at radius 3 is 1.95 bits per heavy atom. The summed E-state index contributed by atoms with van der Waals surface area (Å²) in [6, 6.07) is 5.04. The first-order valence-corrected chi connectivity index (χ1v) is 28.3. The number of likely N-dealkylation sites (tertiary alicyclic amines) is 1. The normalized spacial score (nSPS) is 17.5. The minimum Gasteiger partial charge on any atom is -0.379 e. The van der Waals surface area contributed by atoms with Crippen LogP contribution in [0.25, 0.3) is 0 Å². The van der Waals surface area contributed by atoms with Crippen molar-refractivity contribution in [3.05, 3.63) is 72.4 Å². The van der Waals surface area contributed by atoms with Gasteiger partial charge in [0.05, 0.1) is 119 Å². The van der Waals surface area contributed by atoms with Gasteiger partial charge in [-0.3, -0.25) is 38.6 Å². The standard InChI is InChI=1S/C57H90N6O13S/c1-14-17-21-40(6)36-45(55(77-13)58-16-3)42(8)53(71-12)46-24-20-26-62(46)49(65)37-47(70-11)52(41(7)15-2)61(10)50(66)38-59-54(67)51(39(4)5)60(9)48(64)25-27-72-28-29-73-30-31-74-32-33-75-34-35-76-63-56(68)43-22-18-19-23-44(43)57(63)69/h14,17-19,21-23,39,41-42,45-47,51-53H,1,6,15-16,20,24-38H2,2-5,7-13H3,(H,59,67)/b21-17-,58-55?. The number of thioether (sulfide) groups is 1. The number of hydrogen-bond donors (Lipinski definition) is 1. The molecule has 2 heterocycles. The van der Waals surface area contributed by atoms with Crippen LogP contribution in [0.5, 0.6) is 0 Å². The fourth-order valence-electron chi connectivity index (χ4n) is 10.0. The van der Waals surface area contributed by atoms with Crippen molar-refractivity contribution < 1.29 is 62.0 Å². The Morgan fingerprint density at radius 2 is 1.43 bits per heavy atom. The first kappa shape index (κ1) is 66.5. The van der Waals surface area contributed by atoms with Crippen LogP contribution in [-0.4, -0.2) is 204 Å². The van der Waals surface area contributed by atoms with Crippen LogP contribution in [0.1, 0.15) is 101 Å². The number of aliphatic imine (C=N–C) groups is 1. The molecule has 19 nitrogen and oxygen atoms in total. The van der Waals surface area contributed by atoms with E-state index in [1.165, 1.54) is 4.90 Å². The number of nitrogens with one attached hydrogen (secondary N) is 1. The van der Waals surface area contributed by atoms with Crippen LogP contribution in [0.2, 0.25) is 0 Å². The number of likely N-dealkylation sites (N-methyl/N-ethyl adjacent to an activating group) is 2. The van der Waals surface area contributed by atoms with Crippen LogP contribution >= 0.6 is 11.8 Å². The van der Waals surface area contributed by atoms with Gasteiger partial charge in [-0.15, -0.1) is 16.8 Å². The number of fused-ring (bicyclic) bond motifs is 1. The highest BCUT2D eigenvalue weighted by Gasteiger charge is 2.43. The smallest absolute Gasteiger partial charge is 0.285 e. The molecule has 1 aromatic carbocycles. The number of ether oxygens (including phenoxy) is 6. The molecule has 2 aliphatic heterocycles. The molecule has 8 unspecified atom stereocenters. The highest BCUT2D eigenvalue weighted by Crippen LogP contribution is 2.36. The molecule has 432 valence electrons. The second-order valence-electron chi connectivity index (χ2n) is 19.7. The molecular weight excluding hydrogens is 1010 g/mol. The number of hydroxylamine groups is 2. The molecule has 1 aromatic rings. The van der Waals surface area contributed by atoms with E-state index in [1.807, 2.05) is 57.9 Å². The third kappa shape index (κ3) is 20.1. The first-order valence-electron chi connectivity index (χ1n) is 27.0. The molecule has 1 fully saturated rings. The number of carbonyl (C=O) groups is 6. The van der Waals surface area contributed by atoms with Crippen LogP contribution in [-0.2, 0) is 52.4 Å². The van der Waals surface area contributed by atoms with Gasteiger partial charge in [0.1, 0.15) is 6.04 Å². The monoisotopic (exact) mass is 1100 g/mol. The Hall–Kier alpha value is -4.80. The Balaban J connectivity index is 1.44. The maximum Gasteiger partial charge on any atom is 0.285 e. The van der Waals surface area contributed by atoms with Gasteiger partial charge in [0.15, 0.2) is 0 Å². The summed E-state index contributed by atoms with van der Waals surface area (Å²) in [5.74, 6) is -2.46. The van der Waals surface area contributed by atoms with Gasteiger partial charge in [-0.05, 0) is 62.3 Å². The Morgan fingerprint density at radius 1 is 0.844 bits per heavy atom. The second-order valence-corrected chi connectivity index (χ2v) is 20.5. The van der Waals surface area contributed by atoms with E-state index in [0.717, 1.165) is 28.5 Å². The maximum atomic E-state index is 14.5. The molecule has 2 aliphatic rings. The van der Waals surface area contributed by atoms with Gasteiger partial charge in [-0.1, -0.05) is 90.1 Å². The summed E-state index contributed by atoms with van der Waals surface area (Å²) in [5.41, 5.74) is 1.58. The molecule has 0 bridgehead atoms. The molecule has 1 saturated heterocycles. The lowest BCUT2D eigenvalue weighted by Crippen LogP contribution is -2.55. The average molecular weight is 1100 g/mol. The minimum atomic E-state index is -0.844. The molecule has 77 heavy (non-hydrogen) atoms. The molecule has 0 spiro atoms. The van der Waals surface area contributed by atoms with Crippen molar-refractivity contribution in [3.8, 4) is 0 Å². The van der Waals surface area contributed by atoms with Crippen LogP contribution in [0, 0.1) is 23.7 Å². The number of methoxy groups -OCH3 is 2. The zero-order chi connectivity index (χ0) is 57.0. The van der Waals surface area contributed by atoms with Gasteiger partial charge in [0.2, 0.25) is 23.6 Å². The lowest BCUT2D eigenvalue weighted by molar-refractivity contribution is -0.145. The van der Waals surface area contributed by atoms with Crippen LogP contribution < -0.4 is 5.32 Å². The number of benzene rings is 1. The molecule has 0 aliphatic carbocycles. The summed E-state index contributed by atoms with van der Waals surface area (Å²) < 4.78 is 34.5. The average Bonchev–Trinajstić information content (AvgIpc) is 4.00. The zero-order valence-electron chi connectivity index (χ0n) is 47.8. The largest absolute Gasteiger partial charge is 0.379 e. The molecule has 0 aromatic heterocycles. The molecule has 3 rings (SSSR count). The second kappa shape index (κ2) is 35.7. The van der Waals surface area contributed by atoms with Crippen molar-refractivity contribution in [3.63, 3.8) is 0 Å². The number of allylic oxidation sites excluding steroid dienone is 4. The Labute approximate surface area is 462 Å². The van der Waals surface area contributed by atoms with Gasteiger partial charge in [0, 0.05) is 47.3 Å². The van der Waals surface area contributed by atoms with Crippen molar-refractivity contribution >= 4 is 52.2 Å². The predicted molar refractivity (Wildman–Crippen MR) is 299 cm³/mol. The summed E-state index contributed by atoms with van der Waals surface area (Å²) in [6.45, 7) is 23.1. The molecule has 20 heteroatoms. The van der Waals surface area contributed by atoms with Gasteiger partial charge >= 0.3 is 0 Å². The zero-order valence-corrected chi connectivity index (χ0v) is 48.6. The lowest BCUT2D eigenvalue weighted by Gasteiger charge is -2.40. The summed E-state index contributed by atoms with van der Waals surface area (Å²) in [7, 11) is 6.53. The van der Waals surface area contributed by atoms with Gasteiger partial charge < -0.3 is 48.4 Å². The molecule has 0 radical (unpaired) electrons. The summed E-state index contributed by atoms with van der Waals surface area (Å²) >= 11 is 1.64. The van der Waals surface area contributed by atoms with E-state index in [1.54, 1.807) is 75.3 Å². The first-order chi connectivity index (χ1) is 36.9. The van der Waals surface area contributed by atoms with E-state index in [4.69, 9.17) is 38.3 Å². The van der Waals surface area contributed by atoms with Crippen molar-refractivity contribution in [1.29, 1.82) is 0 Å². The molecule has 8 atom stereocenters. The molecule has 1 N–H and O–H groups in total. The molecule has 0 saturated carbocycles. The topological polar surface area (TPSA) is 204 Å². The van der Waals surface area contributed by atoms with Crippen LogP contribution in [0.15, 0.2) is 66.2 Å². The highest BCUT2D eigenvalue weighted by atomic mass is 32.2. The number of hydrogen-bond acceptors (Lipinski definition) is 15. The van der Waals surface area contributed by atoms with E-state index < -0.39 is 35.9 Å². The summed E-state index contributed by atoms with van der Waals surface area (Å²) in [6.07, 6.45) is 9.82. The Kier molecular flexibility index (Phi) is 30.8. The third-order valence-corrected chi connectivity index (χ3v) is 15.1. The number of nitrogens with zero attached hydrogens (tertiary/aromatic N) is 5. The predicted octanol–water partition coefficient (Wildman–Crippen LogP) is 6.28. The number of amides is 6. The van der Waals surface area contributed by atoms with E-state index >= 15 is 0 Å². The van der Waals surface area contributed by atoms with E-state index in [9.17, 15) is 28.8 Å². The van der Waals surface area contributed by atoms with Gasteiger partial charge in [-0.2, -0.15) is 0 Å². The summed E-state index contributed by atoms with van der Waals surface area (Å²) in [4.78, 5) is 95.2. The summed E-state index contributed by atoms with van der Waals surface area (Å²) in [5, 5.41) is 4.57. The maximum absolute atomic E-state index is 14.5. The number of imide groups is 1. The lowest BCUT2D eigenvalue weighted by atomic mass is 9.81. The van der Waals surface area contributed by atoms with Crippen molar-refractivity contribution in [2.24, 2.45) is 28.7 Å². The number of carbonyl (C=O) groups excluding carboxylic acids is 6. The van der Waals surface area contributed by atoms with Crippen LogP contribution in [0.4, 0.5) is 0 Å². The van der Waals surface area contributed by atoms with Gasteiger partial charge in [0.25, 0.3) is 11.8 Å². The Bertz CT molecular complexity index is 2090. The highest BCUT2D eigenvalue weighted by molar-refractivity contribution is 8.13. The molecule has 6 amide bonds. The van der Waals surface area contributed by atoms with Crippen LogP contribution in [0.3, 0.4) is 0 Å². The SMILES string of the molecule is C=C/C=C\C(=C)CC(C(=NCC)SC)C(C)C(OC)C1CCCN1C(=O)CC(OC)C(C(C)CC)N(C)C(=O)CNC(=O)C(C(C)C)N(C)C(=O)CCOCCOCCOCCOCCON1C(=O)c2ccccc2C1=O. The fourth-order valence-corrected chi connectivity index (χ4v) is 10.9. The van der Waals surface area contributed by atoms with E-state index in [0.29, 0.717) is 56.9 Å². The van der Waals surface area contributed by atoms with Crippen molar-refractivity contribution in [2.75, 3.05) is 114 Å². The minimum absolute atomic E-state index is 0.000796. The fraction of sp³-hybridized carbons (Fsp3) is 0.667. The third-order valence-electron chi connectivity index (χ3n) is 14.2. The quantitative estimate of drug-likeness (QED) is 0.0255. The molecular formula is C57H90N6O13S. The van der Waals surface area contributed by atoms with Gasteiger partial charge in [-0.25, -0.2) is 0 Å². The van der Waals surface area contributed by atoms with E-state index in [-0.39, 0.29) is 113 Å². The van der Waals surface area contributed by atoms with Crippen molar-refractivity contribution in [1.82, 2.24) is 25.1 Å². The van der Waals surface area contributed by atoms with E-state index in [2.05, 4.69) is 25.4 Å². The number of rotatable bonds is 38.